The molecular weight excluding hydrogens is 476 g/mol. The van der Waals surface area contributed by atoms with Crippen molar-refractivity contribution in [3.05, 3.63) is 47.2 Å². The first-order chi connectivity index (χ1) is 11.9. The number of nitrogens with zero attached hydrogens (tertiary/aromatic N) is 1. The molecule has 1 aromatic rings. The largest absolute Gasteiger partial charge is 0.477 e. The Hall–Kier alpha value is -1.32. The van der Waals surface area contributed by atoms with Gasteiger partial charge in [-0.2, -0.15) is 0 Å². The number of alkyl halides is 2. The van der Waals surface area contributed by atoms with E-state index in [4.69, 9.17) is 0 Å². The van der Waals surface area contributed by atoms with Gasteiger partial charge in [0.15, 0.2) is 0 Å². The van der Waals surface area contributed by atoms with Gasteiger partial charge in [-0.3, -0.25) is 14.5 Å². The molecule has 1 fully saturated rings. The van der Waals surface area contributed by atoms with Gasteiger partial charge in [0.2, 0.25) is 5.91 Å². The molecule has 0 aromatic heterocycles. The van der Waals surface area contributed by atoms with Crippen LogP contribution in [-0.4, -0.2) is 48.7 Å². The zero-order chi connectivity index (χ0) is 18.1. The summed E-state index contributed by atoms with van der Waals surface area (Å²) in [4.78, 5) is 37.5. The second-order valence-corrected chi connectivity index (χ2v) is 8.88. The molecule has 2 aliphatic rings. The average Bonchev–Trinajstić information content (AvgIpc) is 2.59. The molecule has 1 saturated heterocycles. The van der Waals surface area contributed by atoms with Crippen LogP contribution in [0.5, 0.6) is 0 Å². The zero-order valence-corrected chi connectivity index (χ0v) is 16.8. The number of carbonyl (C=O) groups is 3. The van der Waals surface area contributed by atoms with Gasteiger partial charge in [0, 0.05) is 5.33 Å². The molecule has 6 nitrogen and oxygen atoms in total. The van der Waals surface area contributed by atoms with Gasteiger partial charge in [-0.25, -0.2) is 4.79 Å². The lowest BCUT2D eigenvalue weighted by Gasteiger charge is -2.50. The highest BCUT2D eigenvalue weighted by atomic mass is 79.9. The number of carbonyl (C=O) groups excluding carboxylic acids is 2. The van der Waals surface area contributed by atoms with Gasteiger partial charge in [-0.15, -0.1) is 11.8 Å². The number of amides is 2. The fraction of sp³-hybridized carbons (Fsp3) is 0.312. The second-order valence-electron chi connectivity index (χ2n) is 5.57. The lowest BCUT2D eigenvalue weighted by Crippen LogP contribution is -2.71. The Labute approximate surface area is 165 Å². The summed E-state index contributed by atoms with van der Waals surface area (Å²) in [5, 5.41) is 12.1. The Morgan fingerprint density at radius 2 is 1.96 bits per heavy atom. The standard InChI is InChI=1S/C16H14Br2N2O4S/c17-7-9-12(16(23)24)20-14(22)11(15(20)25-13(9)18)19-10(21)6-8-4-2-1-3-5-8/h1-5,11,13,15H,6-7H2,(H,19,21)(H,23,24)/t11-,13?,15+/m1/s1. The summed E-state index contributed by atoms with van der Waals surface area (Å²) in [5.41, 5.74) is 1.43. The number of hydrogen-bond donors (Lipinski definition) is 2. The molecule has 2 heterocycles. The molecule has 1 unspecified atom stereocenters. The van der Waals surface area contributed by atoms with Gasteiger partial charge < -0.3 is 10.4 Å². The fourth-order valence-electron chi connectivity index (χ4n) is 2.81. The SMILES string of the molecule is O=C(Cc1ccccc1)N[C@@H]1C(=O)N2C(C(=O)O)=C(CBr)C(Br)S[C@@H]12. The smallest absolute Gasteiger partial charge is 0.352 e. The van der Waals surface area contributed by atoms with Crippen LogP contribution in [0, 0.1) is 0 Å². The molecular formula is C16H14Br2N2O4S. The maximum Gasteiger partial charge on any atom is 0.352 e. The van der Waals surface area contributed by atoms with Crippen LogP contribution in [0.4, 0.5) is 0 Å². The van der Waals surface area contributed by atoms with Crippen LogP contribution in [0.2, 0.25) is 0 Å². The number of fused-ring (bicyclic) bond motifs is 1. The van der Waals surface area contributed by atoms with E-state index in [0.717, 1.165) is 5.56 Å². The minimum absolute atomic E-state index is 0.0129. The van der Waals surface area contributed by atoms with Crippen molar-refractivity contribution in [2.75, 3.05) is 5.33 Å². The topological polar surface area (TPSA) is 86.7 Å². The zero-order valence-electron chi connectivity index (χ0n) is 12.8. The number of halogens is 2. The first kappa shape index (κ1) is 18.5. The van der Waals surface area contributed by atoms with E-state index in [0.29, 0.717) is 10.9 Å². The lowest BCUT2D eigenvalue weighted by molar-refractivity contribution is -0.150. The van der Waals surface area contributed by atoms with Gasteiger partial charge >= 0.3 is 5.97 Å². The third kappa shape index (κ3) is 3.50. The van der Waals surface area contributed by atoms with Crippen molar-refractivity contribution >= 4 is 61.4 Å². The van der Waals surface area contributed by atoms with E-state index in [-0.39, 0.29) is 22.2 Å². The molecule has 2 N–H and O–H groups in total. The molecule has 0 saturated carbocycles. The molecule has 0 radical (unpaired) electrons. The minimum Gasteiger partial charge on any atom is -0.477 e. The predicted molar refractivity (Wildman–Crippen MR) is 101 cm³/mol. The van der Waals surface area contributed by atoms with Crippen LogP contribution in [0.3, 0.4) is 0 Å². The number of aliphatic carboxylic acids is 1. The number of thioether (sulfide) groups is 1. The van der Waals surface area contributed by atoms with E-state index in [1.165, 1.54) is 16.7 Å². The van der Waals surface area contributed by atoms with E-state index in [9.17, 15) is 19.5 Å². The lowest BCUT2D eigenvalue weighted by atomic mass is 10.0. The predicted octanol–water partition coefficient (Wildman–Crippen LogP) is 2.08. The van der Waals surface area contributed by atoms with Crippen molar-refractivity contribution in [2.24, 2.45) is 0 Å². The number of β-lactam (4-membered cyclic amide) rings is 1. The van der Waals surface area contributed by atoms with Crippen LogP contribution in [0.1, 0.15) is 5.56 Å². The number of benzene rings is 1. The molecule has 9 heteroatoms. The summed E-state index contributed by atoms with van der Waals surface area (Å²) in [6, 6.07) is 8.52. The van der Waals surface area contributed by atoms with E-state index >= 15 is 0 Å². The van der Waals surface area contributed by atoms with Gasteiger partial charge in [0.05, 0.1) is 10.6 Å². The van der Waals surface area contributed by atoms with Gasteiger partial charge in [0.1, 0.15) is 17.1 Å². The molecule has 0 aliphatic carbocycles. The third-order valence-corrected chi connectivity index (χ3v) is 7.08. The van der Waals surface area contributed by atoms with Crippen molar-refractivity contribution in [3.8, 4) is 0 Å². The summed E-state index contributed by atoms with van der Waals surface area (Å²) in [6.07, 6.45) is 0.175. The molecule has 25 heavy (non-hydrogen) atoms. The van der Waals surface area contributed by atoms with Crippen LogP contribution < -0.4 is 5.32 Å². The quantitative estimate of drug-likeness (QED) is 0.488. The highest BCUT2D eigenvalue weighted by molar-refractivity contribution is 9.11. The Morgan fingerprint density at radius 1 is 1.28 bits per heavy atom. The number of carboxylic acid groups (broad SMARTS) is 1. The van der Waals surface area contributed by atoms with Crippen molar-refractivity contribution in [3.63, 3.8) is 0 Å². The van der Waals surface area contributed by atoms with E-state index in [1.807, 2.05) is 30.3 Å². The highest BCUT2D eigenvalue weighted by Gasteiger charge is 2.55. The minimum atomic E-state index is -1.15. The summed E-state index contributed by atoms with van der Waals surface area (Å²) in [5.74, 6) is -1.80. The van der Waals surface area contributed by atoms with Crippen LogP contribution in [0.15, 0.2) is 41.6 Å². The molecule has 1 aromatic carbocycles. The summed E-state index contributed by atoms with van der Waals surface area (Å²) in [7, 11) is 0. The summed E-state index contributed by atoms with van der Waals surface area (Å²) in [6.45, 7) is 0. The number of nitrogens with one attached hydrogen (secondary N) is 1. The number of carboxylic acids is 1. The first-order valence-corrected chi connectivity index (χ1v) is 10.4. The molecule has 3 atom stereocenters. The molecule has 2 aliphatic heterocycles. The Balaban J connectivity index is 1.73. The third-order valence-electron chi connectivity index (χ3n) is 3.99. The molecule has 0 bridgehead atoms. The van der Waals surface area contributed by atoms with Crippen LogP contribution in [-0.2, 0) is 20.8 Å². The molecule has 0 spiro atoms. The van der Waals surface area contributed by atoms with E-state index in [1.54, 1.807) is 0 Å². The van der Waals surface area contributed by atoms with Gasteiger partial charge in [-0.05, 0) is 11.1 Å². The van der Waals surface area contributed by atoms with Gasteiger partial charge in [0.25, 0.3) is 5.91 Å². The highest BCUT2D eigenvalue weighted by Crippen LogP contribution is 2.46. The molecule has 3 rings (SSSR count). The van der Waals surface area contributed by atoms with Crippen molar-refractivity contribution in [2.45, 2.75) is 22.0 Å². The Morgan fingerprint density at radius 3 is 2.56 bits per heavy atom. The van der Waals surface area contributed by atoms with E-state index < -0.39 is 23.3 Å². The Bertz CT molecular complexity index is 756. The number of hydrogen-bond acceptors (Lipinski definition) is 4. The van der Waals surface area contributed by atoms with Gasteiger partial charge in [-0.1, -0.05) is 62.2 Å². The fourth-order valence-corrected chi connectivity index (χ4v) is 6.37. The maximum absolute atomic E-state index is 12.4. The Kier molecular flexibility index (Phi) is 5.55. The van der Waals surface area contributed by atoms with Crippen LogP contribution in [0.25, 0.3) is 0 Å². The molecule has 2 amide bonds. The van der Waals surface area contributed by atoms with E-state index in [2.05, 4.69) is 37.2 Å². The van der Waals surface area contributed by atoms with Crippen molar-refractivity contribution in [1.82, 2.24) is 10.2 Å². The first-order valence-electron chi connectivity index (χ1n) is 7.42. The average molecular weight is 490 g/mol. The molecule has 132 valence electrons. The summed E-state index contributed by atoms with van der Waals surface area (Å²) < 4.78 is -0.235. The summed E-state index contributed by atoms with van der Waals surface area (Å²) >= 11 is 8.13. The van der Waals surface area contributed by atoms with Crippen molar-refractivity contribution in [1.29, 1.82) is 0 Å². The normalized spacial score (nSPS) is 25.3. The van der Waals surface area contributed by atoms with Crippen molar-refractivity contribution < 1.29 is 19.5 Å². The van der Waals surface area contributed by atoms with Crippen LogP contribution >= 0.6 is 43.6 Å². The maximum atomic E-state index is 12.4. The second kappa shape index (κ2) is 7.51. The number of rotatable bonds is 5. The monoisotopic (exact) mass is 488 g/mol.